The third-order valence-corrected chi connectivity index (χ3v) is 3.82. The number of hydrogen-bond acceptors (Lipinski definition) is 3. The van der Waals surface area contributed by atoms with Crippen molar-refractivity contribution < 1.29 is 19.4 Å². The second-order valence-electron chi connectivity index (χ2n) is 5.16. The summed E-state index contributed by atoms with van der Waals surface area (Å²) in [5, 5.41) is 22.7. The molecule has 0 spiro atoms. The Bertz CT molecular complexity index is 655. The summed E-state index contributed by atoms with van der Waals surface area (Å²) in [7, 11) is 0. The Labute approximate surface area is 114 Å². The lowest BCUT2D eigenvalue weighted by atomic mass is 9.90. The van der Waals surface area contributed by atoms with E-state index >= 15 is 0 Å². The summed E-state index contributed by atoms with van der Waals surface area (Å²) >= 11 is 0. The minimum atomic E-state index is -0.998. The Morgan fingerprint density at radius 3 is 2.85 bits per heavy atom. The SMILES string of the molecule is O=C(O)C1CNC(c2cc3cc(F)ccc3[nH]2)CC1O. The van der Waals surface area contributed by atoms with Gasteiger partial charge in [0, 0.05) is 29.2 Å². The molecule has 4 N–H and O–H groups in total. The molecule has 0 radical (unpaired) electrons. The summed E-state index contributed by atoms with van der Waals surface area (Å²) in [6.45, 7) is 0.213. The Hall–Kier alpha value is -1.92. The van der Waals surface area contributed by atoms with Crippen LogP contribution >= 0.6 is 0 Å². The van der Waals surface area contributed by atoms with Gasteiger partial charge in [0.05, 0.1) is 12.0 Å². The third-order valence-electron chi connectivity index (χ3n) is 3.82. The molecule has 2 aromatic rings. The number of piperidine rings is 1. The first kappa shape index (κ1) is 13.1. The van der Waals surface area contributed by atoms with Crippen molar-refractivity contribution in [2.75, 3.05) is 6.54 Å². The van der Waals surface area contributed by atoms with Gasteiger partial charge in [-0.1, -0.05) is 0 Å². The van der Waals surface area contributed by atoms with Crippen LogP contribution in [-0.2, 0) is 4.79 Å². The molecule has 5 nitrogen and oxygen atoms in total. The molecule has 1 aromatic heterocycles. The summed E-state index contributed by atoms with van der Waals surface area (Å²) in [5.74, 6) is -2.08. The van der Waals surface area contributed by atoms with Crippen molar-refractivity contribution in [2.45, 2.75) is 18.6 Å². The predicted octanol–water partition coefficient (Wildman–Crippen LogP) is 1.40. The summed E-state index contributed by atoms with van der Waals surface area (Å²) in [6.07, 6.45) is -0.575. The van der Waals surface area contributed by atoms with E-state index in [4.69, 9.17) is 5.11 Å². The number of benzene rings is 1. The standard InChI is InChI=1S/C14H15FN2O3/c15-8-1-2-10-7(3-8)4-12(17-10)11-5-13(18)9(6-16-11)14(19)20/h1-4,9,11,13,16-18H,5-6H2,(H,19,20). The van der Waals surface area contributed by atoms with E-state index < -0.39 is 18.0 Å². The minimum Gasteiger partial charge on any atom is -0.481 e. The highest BCUT2D eigenvalue weighted by atomic mass is 19.1. The first-order valence-electron chi connectivity index (χ1n) is 6.47. The summed E-state index contributed by atoms with van der Waals surface area (Å²) in [5.41, 5.74) is 1.64. The van der Waals surface area contributed by atoms with Crippen LogP contribution in [0.4, 0.5) is 4.39 Å². The molecular formula is C14H15FN2O3. The Morgan fingerprint density at radius 2 is 2.15 bits per heavy atom. The molecule has 106 valence electrons. The van der Waals surface area contributed by atoms with Crippen molar-refractivity contribution in [3.63, 3.8) is 0 Å². The number of aromatic nitrogens is 1. The largest absolute Gasteiger partial charge is 0.481 e. The second kappa shape index (κ2) is 4.88. The quantitative estimate of drug-likeness (QED) is 0.669. The summed E-state index contributed by atoms with van der Waals surface area (Å²) < 4.78 is 13.2. The molecule has 3 unspecified atom stereocenters. The topological polar surface area (TPSA) is 85.4 Å². The molecule has 6 heteroatoms. The van der Waals surface area contributed by atoms with Crippen molar-refractivity contribution in [2.24, 2.45) is 5.92 Å². The lowest BCUT2D eigenvalue weighted by Crippen LogP contribution is -2.45. The van der Waals surface area contributed by atoms with E-state index in [1.54, 1.807) is 6.07 Å². The van der Waals surface area contributed by atoms with Crippen LogP contribution in [0.3, 0.4) is 0 Å². The van der Waals surface area contributed by atoms with E-state index in [1.165, 1.54) is 12.1 Å². The number of halogens is 1. The van der Waals surface area contributed by atoms with Crippen molar-refractivity contribution in [3.05, 3.63) is 35.8 Å². The number of carboxylic acids is 1. The van der Waals surface area contributed by atoms with Gasteiger partial charge < -0.3 is 20.5 Å². The zero-order valence-electron chi connectivity index (χ0n) is 10.6. The second-order valence-corrected chi connectivity index (χ2v) is 5.16. The number of nitrogens with one attached hydrogen (secondary N) is 2. The van der Waals surface area contributed by atoms with E-state index in [0.717, 1.165) is 16.6 Å². The van der Waals surface area contributed by atoms with E-state index in [1.807, 2.05) is 6.07 Å². The smallest absolute Gasteiger partial charge is 0.310 e. The maximum Gasteiger partial charge on any atom is 0.310 e. The highest BCUT2D eigenvalue weighted by molar-refractivity contribution is 5.80. The number of aliphatic hydroxyl groups is 1. The van der Waals surface area contributed by atoms with Crippen LogP contribution < -0.4 is 5.32 Å². The highest BCUT2D eigenvalue weighted by Crippen LogP contribution is 2.28. The number of carboxylic acid groups (broad SMARTS) is 1. The van der Waals surface area contributed by atoms with Gasteiger partial charge in [-0.2, -0.15) is 0 Å². The molecule has 2 heterocycles. The first-order valence-corrected chi connectivity index (χ1v) is 6.47. The van der Waals surface area contributed by atoms with Crippen molar-refractivity contribution >= 4 is 16.9 Å². The molecule has 0 saturated carbocycles. The fourth-order valence-corrected chi connectivity index (χ4v) is 2.70. The van der Waals surface area contributed by atoms with Crippen molar-refractivity contribution in [1.29, 1.82) is 0 Å². The van der Waals surface area contributed by atoms with Crippen LogP contribution in [0, 0.1) is 11.7 Å². The number of aliphatic carboxylic acids is 1. The number of hydrogen-bond donors (Lipinski definition) is 4. The molecule has 1 fully saturated rings. The summed E-state index contributed by atoms with van der Waals surface area (Å²) in [6, 6.07) is 6.15. The lowest BCUT2D eigenvalue weighted by Gasteiger charge is -2.31. The number of H-pyrrole nitrogens is 1. The zero-order chi connectivity index (χ0) is 14.3. The van der Waals surface area contributed by atoms with Crippen molar-refractivity contribution in [3.8, 4) is 0 Å². The number of carbonyl (C=O) groups is 1. The highest BCUT2D eigenvalue weighted by Gasteiger charge is 2.34. The minimum absolute atomic E-state index is 0.156. The van der Waals surface area contributed by atoms with Crippen LogP contribution in [0.2, 0.25) is 0 Å². The van der Waals surface area contributed by atoms with Crippen LogP contribution in [0.25, 0.3) is 10.9 Å². The molecule has 3 rings (SSSR count). The van der Waals surface area contributed by atoms with Crippen LogP contribution in [0.1, 0.15) is 18.2 Å². The number of aliphatic hydroxyl groups excluding tert-OH is 1. The van der Waals surface area contributed by atoms with E-state index in [2.05, 4.69) is 10.3 Å². The van der Waals surface area contributed by atoms with E-state index in [0.29, 0.717) is 6.42 Å². The molecule has 3 atom stereocenters. The van der Waals surface area contributed by atoms with Crippen LogP contribution in [0.5, 0.6) is 0 Å². The molecule has 0 amide bonds. The van der Waals surface area contributed by atoms with Crippen LogP contribution in [0.15, 0.2) is 24.3 Å². The first-order chi connectivity index (χ1) is 9.54. The number of fused-ring (bicyclic) bond motifs is 1. The maximum atomic E-state index is 13.2. The average molecular weight is 278 g/mol. The zero-order valence-corrected chi connectivity index (χ0v) is 10.6. The van der Waals surface area contributed by atoms with Gasteiger partial charge in [0.2, 0.25) is 0 Å². The summed E-state index contributed by atoms with van der Waals surface area (Å²) in [4.78, 5) is 14.1. The molecule has 20 heavy (non-hydrogen) atoms. The molecule has 0 aliphatic carbocycles. The van der Waals surface area contributed by atoms with Gasteiger partial charge in [0.15, 0.2) is 0 Å². The molecule has 1 aliphatic heterocycles. The Kier molecular flexibility index (Phi) is 3.19. The van der Waals surface area contributed by atoms with E-state index in [-0.39, 0.29) is 18.4 Å². The molecule has 1 aromatic carbocycles. The van der Waals surface area contributed by atoms with Gasteiger partial charge >= 0.3 is 5.97 Å². The van der Waals surface area contributed by atoms with Crippen LogP contribution in [-0.4, -0.2) is 33.8 Å². The Balaban J connectivity index is 1.83. The van der Waals surface area contributed by atoms with Gasteiger partial charge in [-0.3, -0.25) is 4.79 Å². The lowest BCUT2D eigenvalue weighted by molar-refractivity contribution is -0.147. The molecule has 1 saturated heterocycles. The maximum absolute atomic E-state index is 13.2. The normalized spacial score (nSPS) is 26.8. The fraction of sp³-hybridized carbons (Fsp3) is 0.357. The van der Waals surface area contributed by atoms with Gasteiger partial charge in [-0.15, -0.1) is 0 Å². The van der Waals surface area contributed by atoms with Crippen molar-refractivity contribution in [1.82, 2.24) is 10.3 Å². The fourth-order valence-electron chi connectivity index (χ4n) is 2.70. The number of aromatic amines is 1. The number of rotatable bonds is 2. The monoisotopic (exact) mass is 278 g/mol. The van der Waals surface area contributed by atoms with Gasteiger partial charge in [0.25, 0.3) is 0 Å². The van der Waals surface area contributed by atoms with Gasteiger partial charge in [-0.25, -0.2) is 4.39 Å². The molecule has 1 aliphatic rings. The van der Waals surface area contributed by atoms with Gasteiger partial charge in [-0.05, 0) is 30.7 Å². The Morgan fingerprint density at radius 1 is 1.35 bits per heavy atom. The van der Waals surface area contributed by atoms with Gasteiger partial charge in [0.1, 0.15) is 5.82 Å². The third kappa shape index (κ3) is 2.28. The average Bonchev–Trinajstić information content (AvgIpc) is 2.81. The predicted molar refractivity (Wildman–Crippen MR) is 70.8 cm³/mol. The van der Waals surface area contributed by atoms with E-state index in [9.17, 15) is 14.3 Å². The molecule has 0 bridgehead atoms. The molecular weight excluding hydrogens is 263 g/mol.